The van der Waals surface area contributed by atoms with E-state index in [1.54, 1.807) is 23.1 Å². The van der Waals surface area contributed by atoms with Crippen molar-refractivity contribution in [3.05, 3.63) is 65.7 Å². The highest BCUT2D eigenvalue weighted by atomic mass is 32.2. The van der Waals surface area contributed by atoms with Crippen LogP contribution in [0.4, 0.5) is 0 Å². The molecule has 2 heterocycles. The fourth-order valence-electron chi connectivity index (χ4n) is 2.25. The summed E-state index contributed by atoms with van der Waals surface area (Å²) in [6, 6.07) is 20.7. The first-order valence-corrected chi connectivity index (χ1v) is 8.52. The SMILES string of the molecule is c1ccc2nc(SCc3nc4ccccc4s3)ccc2c1. The molecule has 21 heavy (non-hydrogen) atoms. The highest BCUT2D eigenvalue weighted by molar-refractivity contribution is 7.98. The lowest BCUT2D eigenvalue weighted by Gasteiger charge is -2.01. The zero-order valence-corrected chi connectivity index (χ0v) is 12.8. The Kier molecular flexibility index (Phi) is 3.33. The van der Waals surface area contributed by atoms with Gasteiger partial charge < -0.3 is 0 Å². The normalized spacial score (nSPS) is 11.2. The first-order chi connectivity index (χ1) is 10.4. The summed E-state index contributed by atoms with van der Waals surface area (Å²) in [7, 11) is 0. The first kappa shape index (κ1) is 12.8. The van der Waals surface area contributed by atoms with Gasteiger partial charge in [0.1, 0.15) is 5.01 Å². The third kappa shape index (κ3) is 2.64. The van der Waals surface area contributed by atoms with Crippen LogP contribution in [0.15, 0.2) is 65.7 Å². The molecule has 0 saturated carbocycles. The second kappa shape index (κ2) is 5.47. The highest BCUT2D eigenvalue weighted by Gasteiger charge is 2.05. The number of nitrogens with zero attached hydrogens (tertiary/aromatic N) is 2. The molecule has 4 heteroatoms. The number of benzene rings is 2. The number of thioether (sulfide) groups is 1. The molecule has 102 valence electrons. The topological polar surface area (TPSA) is 25.8 Å². The van der Waals surface area contributed by atoms with E-state index in [-0.39, 0.29) is 0 Å². The van der Waals surface area contributed by atoms with Crippen LogP contribution in [0, 0.1) is 0 Å². The van der Waals surface area contributed by atoms with Gasteiger partial charge in [0.05, 0.1) is 26.5 Å². The molecule has 0 N–H and O–H groups in total. The molecule has 2 aromatic carbocycles. The molecule has 2 aromatic heterocycles. The zero-order valence-electron chi connectivity index (χ0n) is 11.2. The monoisotopic (exact) mass is 308 g/mol. The number of pyridine rings is 1. The van der Waals surface area contributed by atoms with E-state index in [1.807, 2.05) is 18.2 Å². The van der Waals surface area contributed by atoms with Crippen molar-refractivity contribution in [1.29, 1.82) is 0 Å². The highest BCUT2D eigenvalue weighted by Crippen LogP contribution is 2.28. The lowest BCUT2D eigenvalue weighted by Crippen LogP contribution is -1.84. The Labute approximate surface area is 130 Å². The summed E-state index contributed by atoms with van der Waals surface area (Å²) in [6.45, 7) is 0. The second-order valence-electron chi connectivity index (χ2n) is 4.71. The molecular formula is C17H12N2S2. The van der Waals surface area contributed by atoms with Crippen molar-refractivity contribution in [3.63, 3.8) is 0 Å². The number of para-hydroxylation sites is 2. The lowest BCUT2D eigenvalue weighted by atomic mass is 10.2. The van der Waals surface area contributed by atoms with E-state index in [9.17, 15) is 0 Å². The minimum atomic E-state index is 0.866. The van der Waals surface area contributed by atoms with Crippen LogP contribution in [-0.2, 0) is 5.75 Å². The van der Waals surface area contributed by atoms with Crippen LogP contribution >= 0.6 is 23.1 Å². The first-order valence-electron chi connectivity index (χ1n) is 6.71. The molecule has 0 fully saturated rings. The van der Waals surface area contributed by atoms with Crippen molar-refractivity contribution in [1.82, 2.24) is 9.97 Å². The van der Waals surface area contributed by atoms with Gasteiger partial charge in [-0.05, 0) is 24.3 Å². The van der Waals surface area contributed by atoms with Gasteiger partial charge in [-0.15, -0.1) is 11.3 Å². The summed E-state index contributed by atoms with van der Waals surface area (Å²) in [5.41, 5.74) is 2.14. The molecule has 0 aliphatic heterocycles. The van der Waals surface area contributed by atoms with Gasteiger partial charge in [0.2, 0.25) is 0 Å². The van der Waals surface area contributed by atoms with Crippen molar-refractivity contribution in [2.24, 2.45) is 0 Å². The number of thiazole rings is 1. The van der Waals surface area contributed by atoms with Gasteiger partial charge in [-0.1, -0.05) is 48.2 Å². The Hall–Kier alpha value is -1.91. The van der Waals surface area contributed by atoms with Gasteiger partial charge in [0.15, 0.2) is 0 Å². The zero-order chi connectivity index (χ0) is 14.1. The number of fused-ring (bicyclic) bond motifs is 2. The van der Waals surface area contributed by atoms with Gasteiger partial charge in [-0.3, -0.25) is 0 Å². The lowest BCUT2D eigenvalue weighted by molar-refractivity contribution is 1.18. The quantitative estimate of drug-likeness (QED) is 0.490. The van der Waals surface area contributed by atoms with Crippen LogP contribution in [0.5, 0.6) is 0 Å². The molecule has 0 bridgehead atoms. The van der Waals surface area contributed by atoms with Crippen LogP contribution in [0.25, 0.3) is 21.1 Å². The summed E-state index contributed by atoms with van der Waals surface area (Å²) < 4.78 is 1.25. The number of hydrogen-bond acceptors (Lipinski definition) is 4. The van der Waals surface area contributed by atoms with Crippen LogP contribution in [0.3, 0.4) is 0 Å². The predicted octanol–water partition coefficient (Wildman–Crippen LogP) is 5.14. The Bertz CT molecular complexity index is 882. The minimum absolute atomic E-state index is 0.866. The van der Waals surface area contributed by atoms with Crippen molar-refractivity contribution in [2.75, 3.05) is 0 Å². The predicted molar refractivity (Wildman–Crippen MR) is 90.9 cm³/mol. The van der Waals surface area contributed by atoms with Crippen LogP contribution < -0.4 is 0 Å². The average molecular weight is 308 g/mol. The van der Waals surface area contributed by atoms with E-state index in [2.05, 4.69) is 52.4 Å². The van der Waals surface area contributed by atoms with E-state index in [0.29, 0.717) is 0 Å². The van der Waals surface area contributed by atoms with Gasteiger partial charge >= 0.3 is 0 Å². The summed E-state index contributed by atoms with van der Waals surface area (Å²) in [4.78, 5) is 9.34. The number of rotatable bonds is 3. The van der Waals surface area contributed by atoms with Gasteiger partial charge in [-0.25, -0.2) is 9.97 Å². The molecule has 0 aliphatic rings. The Morgan fingerprint density at radius 1 is 0.810 bits per heavy atom. The summed E-state index contributed by atoms with van der Waals surface area (Å²) >= 11 is 3.50. The van der Waals surface area contributed by atoms with Crippen LogP contribution in [0.2, 0.25) is 0 Å². The largest absolute Gasteiger partial charge is 0.241 e. The fraction of sp³-hybridized carbons (Fsp3) is 0.0588. The third-order valence-electron chi connectivity index (χ3n) is 3.25. The summed E-state index contributed by atoms with van der Waals surface area (Å²) in [6.07, 6.45) is 0. The third-order valence-corrected chi connectivity index (χ3v) is 5.41. The molecular weight excluding hydrogens is 296 g/mol. The molecule has 0 unspecified atom stereocenters. The second-order valence-corrected chi connectivity index (χ2v) is 6.82. The Balaban J connectivity index is 1.57. The molecule has 0 atom stereocenters. The summed E-state index contributed by atoms with van der Waals surface area (Å²) in [5.74, 6) is 0.866. The maximum absolute atomic E-state index is 4.68. The molecule has 0 aliphatic carbocycles. The molecule has 0 spiro atoms. The summed E-state index contributed by atoms with van der Waals surface area (Å²) in [5, 5.41) is 3.38. The van der Waals surface area contributed by atoms with Crippen LogP contribution in [-0.4, -0.2) is 9.97 Å². The Morgan fingerprint density at radius 3 is 2.52 bits per heavy atom. The molecule has 0 amide bonds. The number of aromatic nitrogens is 2. The smallest absolute Gasteiger partial charge is 0.104 e. The number of hydrogen-bond donors (Lipinski definition) is 0. The van der Waals surface area contributed by atoms with Crippen molar-refractivity contribution >= 4 is 44.2 Å². The average Bonchev–Trinajstić information content (AvgIpc) is 2.95. The van der Waals surface area contributed by atoms with E-state index in [0.717, 1.165) is 26.8 Å². The van der Waals surface area contributed by atoms with Gasteiger partial charge in [-0.2, -0.15) is 0 Å². The van der Waals surface area contributed by atoms with E-state index < -0.39 is 0 Å². The molecule has 0 saturated heterocycles. The van der Waals surface area contributed by atoms with Crippen LogP contribution in [0.1, 0.15) is 5.01 Å². The van der Waals surface area contributed by atoms with E-state index >= 15 is 0 Å². The molecule has 4 rings (SSSR count). The van der Waals surface area contributed by atoms with E-state index in [4.69, 9.17) is 0 Å². The van der Waals surface area contributed by atoms with Crippen molar-refractivity contribution in [2.45, 2.75) is 10.8 Å². The fourth-order valence-corrected chi connectivity index (χ4v) is 4.08. The standard InChI is InChI=1S/C17H12N2S2/c1-2-6-13-12(5-1)9-10-16(18-13)20-11-17-19-14-7-3-4-8-15(14)21-17/h1-10H,11H2. The van der Waals surface area contributed by atoms with Gasteiger partial charge in [0, 0.05) is 5.39 Å². The Morgan fingerprint density at radius 2 is 1.62 bits per heavy atom. The van der Waals surface area contributed by atoms with Crippen molar-refractivity contribution in [3.8, 4) is 0 Å². The van der Waals surface area contributed by atoms with Crippen molar-refractivity contribution < 1.29 is 0 Å². The minimum Gasteiger partial charge on any atom is -0.241 e. The molecule has 0 radical (unpaired) electrons. The van der Waals surface area contributed by atoms with E-state index in [1.165, 1.54) is 10.1 Å². The maximum atomic E-state index is 4.68. The van der Waals surface area contributed by atoms with Gasteiger partial charge in [0.25, 0.3) is 0 Å². The maximum Gasteiger partial charge on any atom is 0.104 e. The molecule has 2 nitrogen and oxygen atoms in total. The molecule has 4 aromatic rings.